The van der Waals surface area contributed by atoms with Crippen LogP contribution in [0.25, 0.3) is 11.1 Å². The van der Waals surface area contributed by atoms with Crippen LogP contribution in [-0.4, -0.2) is 5.78 Å². The van der Waals surface area contributed by atoms with E-state index in [0.29, 0.717) is 0 Å². The summed E-state index contributed by atoms with van der Waals surface area (Å²) < 4.78 is 0. The molecule has 0 spiro atoms. The van der Waals surface area contributed by atoms with Crippen molar-refractivity contribution in [3.63, 3.8) is 0 Å². The van der Waals surface area contributed by atoms with E-state index in [4.69, 9.17) is 0 Å². The van der Waals surface area contributed by atoms with Crippen molar-refractivity contribution in [3.05, 3.63) is 106 Å². The monoisotopic (exact) mass is 412 g/mol. The molecule has 0 heterocycles. The lowest BCUT2D eigenvalue weighted by Gasteiger charge is -2.27. The van der Waals surface area contributed by atoms with Crippen molar-refractivity contribution in [2.45, 2.75) is 54.9 Å². The summed E-state index contributed by atoms with van der Waals surface area (Å²) in [6, 6.07) is 15.4. The molecule has 162 valence electrons. The number of hydrogen-bond acceptors (Lipinski definition) is 1. The predicted molar refractivity (Wildman–Crippen MR) is 136 cm³/mol. The first-order valence-electron chi connectivity index (χ1n) is 11.4. The molecular weight excluding hydrogens is 376 g/mol. The van der Waals surface area contributed by atoms with Gasteiger partial charge in [0.1, 0.15) is 0 Å². The lowest BCUT2D eigenvalue weighted by molar-refractivity contribution is -0.112. The molecule has 0 saturated carbocycles. The highest BCUT2D eigenvalue weighted by Crippen LogP contribution is 2.42. The Labute approximate surface area is 188 Å². The van der Waals surface area contributed by atoms with Gasteiger partial charge in [-0.05, 0) is 77.8 Å². The molecule has 1 nitrogen and oxygen atoms in total. The number of ketones is 1. The van der Waals surface area contributed by atoms with Crippen LogP contribution >= 0.6 is 0 Å². The van der Waals surface area contributed by atoms with Crippen LogP contribution in [0.15, 0.2) is 78.4 Å². The van der Waals surface area contributed by atoms with Gasteiger partial charge in [-0.25, -0.2) is 0 Å². The summed E-state index contributed by atoms with van der Waals surface area (Å²) in [4.78, 5) is 12.0. The molecule has 0 radical (unpaired) electrons. The number of carbonyl (C=O) groups is 1. The minimum atomic E-state index is 0.0592. The van der Waals surface area contributed by atoms with Crippen molar-refractivity contribution in [2.75, 3.05) is 0 Å². The van der Waals surface area contributed by atoms with E-state index in [9.17, 15) is 4.79 Å². The van der Waals surface area contributed by atoms with Crippen LogP contribution in [0.3, 0.4) is 0 Å². The largest absolute Gasteiger partial charge is 0.295 e. The summed E-state index contributed by atoms with van der Waals surface area (Å²) in [5.74, 6) is 0.125. The average Bonchev–Trinajstić information content (AvgIpc) is 2.78. The summed E-state index contributed by atoms with van der Waals surface area (Å²) in [6.07, 6.45) is 7.08. The molecule has 1 heteroatoms. The Morgan fingerprint density at radius 1 is 1.06 bits per heavy atom. The molecule has 0 N–H and O–H groups in total. The Morgan fingerprint density at radius 2 is 1.71 bits per heavy atom. The molecule has 1 unspecified atom stereocenters. The zero-order valence-electron chi connectivity index (χ0n) is 20.2. The third kappa shape index (κ3) is 5.41. The smallest absolute Gasteiger partial charge is 0.152 e. The molecular formula is C30H36O. The number of allylic oxidation sites excluding steroid dienone is 6. The first-order chi connectivity index (χ1) is 14.8. The molecule has 3 rings (SSSR count). The van der Waals surface area contributed by atoms with E-state index in [0.717, 1.165) is 23.1 Å². The SMILES string of the molecule is C=C1/C=C(/c2ccc(C)cc2)c2ccc(CC)cc2C(=C/C)/C(=C\C(C)=O)C1C.CC. The van der Waals surface area contributed by atoms with Crippen LogP contribution in [-0.2, 0) is 11.2 Å². The molecule has 1 aliphatic carbocycles. The maximum atomic E-state index is 12.0. The van der Waals surface area contributed by atoms with Crippen molar-refractivity contribution in [2.24, 2.45) is 5.92 Å². The van der Waals surface area contributed by atoms with E-state index in [-0.39, 0.29) is 11.7 Å². The van der Waals surface area contributed by atoms with Crippen molar-refractivity contribution < 1.29 is 4.79 Å². The average molecular weight is 413 g/mol. The lowest BCUT2D eigenvalue weighted by atomic mass is 9.77. The lowest BCUT2D eigenvalue weighted by Crippen LogP contribution is -2.11. The molecule has 0 aromatic heterocycles. The molecule has 1 aliphatic rings. The topological polar surface area (TPSA) is 17.1 Å². The van der Waals surface area contributed by atoms with Crippen molar-refractivity contribution in [1.82, 2.24) is 0 Å². The second kappa shape index (κ2) is 10.9. The van der Waals surface area contributed by atoms with Gasteiger partial charge in [0.15, 0.2) is 5.78 Å². The molecule has 2 aromatic carbocycles. The highest BCUT2D eigenvalue weighted by atomic mass is 16.1. The molecule has 0 bridgehead atoms. The normalized spacial score (nSPS) is 20.2. The van der Waals surface area contributed by atoms with Gasteiger partial charge in [-0.2, -0.15) is 0 Å². The van der Waals surface area contributed by atoms with E-state index in [1.165, 1.54) is 33.4 Å². The van der Waals surface area contributed by atoms with E-state index in [1.54, 1.807) is 13.0 Å². The fraction of sp³-hybridized carbons (Fsp3) is 0.300. The third-order valence-corrected chi connectivity index (χ3v) is 5.75. The number of rotatable bonds is 3. The zero-order valence-corrected chi connectivity index (χ0v) is 20.2. The highest BCUT2D eigenvalue weighted by molar-refractivity contribution is 5.98. The fourth-order valence-electron chi connectivity index (χ4n) is 3.96. The second-order valence-electron chi connectivity index (χ2n) is 7.87. The quantitative estimate of drug-likeness (QED) is 0.465. The third-order valence-electron chi connectivity index (χ3n) is 5.75. The minimum absolute atomic E-state index is 0.0592. The van der Waals surface area contributed by atoms with Gasteiger partial charge in [0.05, 0.1) is 0 Å². The van der Waals surface area contributed by atoms with Gasteiger partial charge in [0, 0.05) is 5.92 Å². The van der Waals surface area contributed by atoms with Gasteiger partial charge >= 0.3 is 0 Å². The van der Waals surface area contributed by atoms with Gasteiger partial charge in [-0.1, -0.05) is 94.5 Å². The molecule has 0 fully saturated rings. The number of benzene rings is 2. The van der Waals surface area contributed by atoms with Crippen molar-refractivity contribution in [1.29, 1.82) is 0 Å². The van der Waals surface area contributed by atoms with Gasteiger partial charge in [-0.15, -0.1) is 0 Å². The highest BCUT2D eigenvalue weighted by Gasteiger charge is 2.24. The first kappa shape index (κ1) is 24.3. The van der Waals surface area contributed by atoms with Crippen LogP contribution in [0.1, 0.15) is 69.4 Å². The van der Waals surface area contributed by atoms with E-state index in [1.807, 2.05) is 13.8 Å². The van der Waals surface area contributed by atoms with Gasteiger partial charge < -0.3 is 0 Å². The van der Waals surface area contributed by atoms with Crippen LogP contribution in [0, 0.1) is 12.8 Å². The predicted octanol–water partition coefficient (Wildman–Crippen LogP) is 8.14. The molecule has 0 amide bonds. The number of aryl methyl sites for hydroxylation is 2. The van der Waals surface area contributed by atoms with Gasteiger partial charge in [0.2, 0.25) is 0 Å². The maximum Gasteiger partial charge on any atom is 0.152 e. The van der Waals surface area contributed by atoms with Crippen LogP contribution in [0.5, 0.6) is 0 Å². The fourth-order valence-corrected chi connectivity index (χ4v) is 3.96. The number of fused-ring (bicyclic) bond motifs is 1. The van der Waals surface area contributed by atoms with Crippen LogP contribution in [0.4, 0.5) is 0 Å². The van der Waals surface area contributed by atoms with Crippen LogP contribution in [0.2, 0.25) is 0 Å². The van der Waals surface area contributed by atoms with Crippen molar-refractivity contribution in [3.8, 4) is 0 Å². The maximum absolute atomic E-state index is 12.0. The molecule has 1 atom stereocenters. The molecule has 0 aliphatic heterocycles. The Kier molecular flexibility index (Phi) is 8.56. The molecule has 2 aromatic rings. The Morgan fingerprint density at radius 3 is 2.26 bits per heavy atom. The first-order valence-corrected chi connectivity index (χ1v) is 11.4. The summed E-state index contributed by atoms with van der Waals surface area (Å²) in [7, 11) is 0. The molecule has 0 saturated heterocycles. The van der Waals surface area contributed by atoms with Crippen molar-refractivity contribution >= 4 is 16.9 Å². The summed E-state index contributed by atoms with van der Waals surface area (Å²) in [6.45, 7) is 18.5. The van der Waals surface area contributed by atoms with E-state index >= 15 is 0 Å². The number of carbonyl (C=O) groups excluding carboxylic acids is 1. The zero-order chi connectivity index (χ0) is 23.1. The Hall–Kier alpha value is -2.93. The molecule has 31 heavy (non-hydrogen) atoms. The van der Waals surface area contributed by atoms with Gasteiger partial charge in [-0.3, -0.25) is 4.79 Å². The van der Waals surface area contributed by atoms with Gasteiger partial charge in [0.25, 0.3) is 0 Å². The summed E-state index contributed by atoms with van der Waals surface area (Å²) >= 11 is 0. The number of hydrogen-bond donors (Lipinski definition) is 0. The van der Waals surface area contributed by atoms with E-state index in [2.05, 4.69) is 88.9 Å². The summed E-state index contributed by atoms with van der Waals surface area (Å²) in [5, 5.41) is 0. The minimum Gasteiger partial charge on any atom is -0.295 e. The van der Waals surface area contributed by atoms with E-state index < -0.39 is 0 Å². The van der Waals surface area contributed by atoms with Crippen LogP contribution < -0.4 is 0 Å². The standard InChI is InChI=1S/C28H30O.C2H6/c1-7-22-11-14-25-27(23-12-9-18(3)10-13-23)15-19(4)21(6)26(16-20(5)29)24(8-2)28(25)17-22;1-2/h8-17,21H,4,7H2,1-3,5-6H3;1-2H3/b24-8+,26-16-,27-15-;. The Bertz CT molecular complexity index is 1040. The second-order valence-corrected chi connectivity index (χ2v) is 7.87. The summed E-state index contributed by atoms with van der Waals surface area (Å²) in [5.41, 5.74) is 10.4. The Balaban J connectivity index is 0.00000166.